The number of rotatable bonds is 4. The van der Waals surface area contributed by atoms with Crippen LogP contribution in [0.4, 0.5) is 0 Å². The number of aromatic nitrogens is 2. The normalized spacial score (nSPS) is 10.8. The third-order valence-electron chi connectivity index (χ3n) is 4.04. The molecule has 0 fully saturated rings. The molecule has 2 aromatic carbocycles. The lowest BCUT2D eigenvalue weighted by atomic mass is 10.2. The molecule has 1 aromatic heterocycles. The highest BCUT2D eigenvalue weighted by molar-refractivity contribution is 5.82. The number of aryl methyl sites for hydroxylation is 1. The summed E-state index contributed by atoms with van der Waals surface area (Å²) in [6.45, 7) is 0.219. The average molecular weight is 326 g/mol. The van der Waals surface area contributed by atoms with Crippen molar-refractivity contribution in [3.8, 4) is 11.5 Å². The van der Waals surface area contributed by atoms with Crippen LogP contribution in [0.15, 0.2) is 52.1 Å². The SMILES string of the molecule is COc1cc2c(=O)n(Cc3ccccc3)c(=O)n(C)c2cc1OC. The first kappa shape index (κ1) is 15.9. The van der Waals surface area contributed by atoms with Crippen LogP contribution >= 0.6 is 0 Å². The van der Waals surface area contributed by atoms with Gasteiger partial charge in [-0.2, -0.15) is 0 Å². The number of methoxy groups -OCH3 is 2. The van der Waals surface area contributed by atoms with E-state index in [0.717, 1.165) is 5.56 Å². The van der Waals surface area contributed by atoms with E-state index in [4.69, 9.17) is 9.47 Å². The number of hydrogen-bond acceptors (Lipinski definition) is 4. The first-order valence-electron chi connectivity index (χ1n) is 7.46. The van der Waals surface area contributed by atoms with Crippen LogP contribution in [0.5, 0.6) is 11.5 Å². The lowest BCUT2D eigenvalue weighted by Crippen LogP contribution is -2.39. The molecule has 3 rings (SSSR count). The van der Waals surface area contributed by atoms with E-state index in [0.29, 0.717) is 22.4 Å². The zero-order chi connectivity index (χ0) is 17.3. The Labute approximate surface area is 138 Å². The molecule has 24 heavy (non-hydrogen) atoms. The van der Waals surface area contributed by atoms with Crippen molar-refractivity contribution in [1.29, 1.82) is 0 Å². The molecule has 124 valence electrons. The summed E-state index contributed by atoms with van der Waals surface area (Å²) in [4.78, 5) is 25.4. The van der Waals surface area contributed by atoms with Crippen LogP contribution in [0.2, 0.25) is 0 Å². The molecule has 0 radical (unpaired) electrons. The highest BCUT2D eigenvalue weighted by atomic mass is 16.5. The zero-order valence-corrected chi connectivity index (χ0v) is 13.8. The first-order chi connectivity index (χ1) is 11.6. The number of hydrogen-bond donors (Lipinski definition) is 0. The molecule has 0 atom stereocenters. The Morgan fingerprint density at radius 1 is 0.958 bits per heavy atom. The molecule has 6 nitrogen and oxygen atoms in total. The van der Waals surface area contributed by atoms with E-state index in [-0.39, 0.29) is 17.8 Å². The quantitative estimate of drug-likeness (QED) is 0.733. The van der Waals surface area contributed by atoms with Gasteiger partial charge in [0.25, 0.3) is 5.56 Å². The van der Waals surface area contributed by atoms with E-state index in [1.165, 1.54) is 23.4 Å². The molecule has 0 bridgehead atoms. The first-order valence-corrected chi connectivity index (χ1v) is 7.46. The second-order valence-corrected chi connectivity index (χ2v) is 5.44. The summed E-state index contributed by atoms with van der Waals surface area (Å²) in [6, 6.07) is 12.7. The molecule has 0 spiro atoms. The zero-order valence-electron chi connectivity index (χ0n) is 13.8. The van der Waals surface area contributed by atoms with E-state index in [9.17, 15) is 9.59 Å². The van der Waals surface area contributed by atoms with Gasteiger partial charge in [0.2, 0.25) is 0 Å². The van der Waals surface area contributed by atoms with E-state index < -0.39 is 0 Å². The maximum atomic E-state index is 12.8. The van der Waals surface area contributed by atoms with Gasteiger partial charge in [0.05, 0.1) is 31.7 Å². The molecule has 0 saturated carbocycles. The number of benzene rings is 2. The van der Waals surface area contributed by atoms with Crippen LogP contribution in [-0.4, -0.2) is 23.4 Å². The standard InChI is InChI=1S/C18H18N2O4/c1-19-14-10-16(24-3)15(23-2)9-13(14)17(21)20(18(19)22)11-12-7-5-4-6-8-12/h4-10H,11H2,1-3H3. The van der Waals surface area contributed by atoms with Gasteiger partial charge in [-0.05, 0) is 11.6 Å². The van der Waals surface area contributed by atoms with Crippen molar-refractivity contribution in [1.82, 2.24) is 9.13 Å². The molecule has 0 saturated heterocycles. The molecular formula is C18H18N2O4. The maximum Gasteiger partial charge on any atom is 0.331 e. The second-order valence-electron chi connectivity index (χ2n) is 5.44. The summed E-state index contributed by atoms with van der Waals surface area (Å²) < 4.78 is 13.2. The summed E-state index contributed by atoms with van der Waals surface area (Å²) >= 11 is 0. The fourth-order valence-electron chi connectivity index (χ4n) is 2.74. The van der Waals surface area contributed by atoms with Gasteiger partial charge in [0.15, 0.2) is 11.5 Å². The Morgan fingerprint density at radius 2 is 1.58 bits per heavy atom. The third kappa shape index (κ3) is 2.56. The van der Waals surface area contributed by atoms with Crippen LogP contribution in [0.1, 0.15) is 5.56 Å². The van der Waals surface area contributed by atoms with Crippen LogP contribution in [-0.2, 0) is 13.6 Å². The van der Waals surface area contributed by atoms with Crippen molar-refractivity contribution < 1.29 is 9.47 Å². The van der Waals surface area contributed by atoms with Crippen LogP contribution < -0.4 is 20.7 Å². The van der Waals surface area contributed by atoms with Gasteiger partial charge in [-0.1, -0.05) is 30.3 Å². The smallest absolute Gasteiger partial charge is 0.331 e. The van der Waals surface area contributed by atoms with Crippen LogP contribution in [0, 0.1) is 0 Å². The number of nitrogens with zero attached hydrogens (tertiary/aromatic N) is 2. The molecule has 0 amide bonds. The molecule has 3 aromatic rings. The monoisotopic (exact) mass is 326 g/mol. The molecule has 0 unspecified atom stereocenters. The van der Waals surface area contributed by atoms with Gasteiger partial charge >= 0.3 is 5.69 Å². The van der Waals surface area contributed by atoms with Crippen molar-refractivity contribution in [3.05, 3.63) is 68.9 Å². The lowest BCUT2D eigenvalue weighted by Gasteiger charge is -2.14. The Kier molecular flexibility index (Phi) is 4.12. The highest BCUT2D eigenvalue weighted by Gasteiger charge is 2.15. The van der Waals surface area contributed by atoms with Gasteiger partial charge in [-0.15, -0.1) is 0 Å². The molecule has 6 heteroatoms. The van der Waals surface area contributed by atoms with Gasteiger partial charge in [0.1, 0.15) is 0 Å². The van der Waals surface area contributed by atoms with E-state index in [2.05, 4.69) is 0 Å². The Bertz CT molecular complexity index is 1000. The fourth-order valence-corrected chi connectivity index (χ4v) is 2.74. The summed E-state index contributed by atoms with van der Waals surface area (Å²) in [7, 11) is 4.66. The average Bonchev–Trinajstić information content (AvgIpc) is 2.63. The van der Waals surface area contributed by atoms with E-state index in [1.807, 2.05) is 30.3 Å². The van der Waals surface area contributed by atoms with Crippen molar-refractivity contribution >= 4 is 10.9 Å². The minimum Gasteiger partial charge on any atom is -0.493 e. The van der Waals surface area contributed by atoms with Crippen molar-refractivity contribution in [2.75, 3.05) is 14.2 Å². The van der Waals surface area contributed by atoms with E-state index >= 15 is 0 Å². The summed E-state index contributed by atoms with van der Waals surface area (Å²) in [6.07, 6.45) is 0. The summed E-state index contributed by atoms with van der Waals surface area (Å²) in [5, 5.41) is 0.408. The fraction of sp³-hybridized carbons (Fsp3) is 0.222. The van der Waals surface area contributed by atoms with Crippen molar-refractivity contribution in [2.24, 2.45) is 7.05 Å². The van der Waals surface area contributed by atoms with Crippen molar-refractivity contribution in [3.63, 3.8) is 0 Å². The second kappa shape index (κ2) is 6.23. The number of fused-ring (bicyclic) bond motifs is 1. The summed E-state index contributed by atoms with van der Waals surface area (Å²) in [5.41, 5.74) is 0.671. The minimum absolute atomic E-state index is 0.219. The topological polar surface area (TPSA) is 62.5 Å². The molecule has 0 aliphatic heterocycles. The summed E-state index contributed by atoms with van der Waals surface area (Å²) in [5.74, 6) is 0.923. The van der Waals surface area contributed by atoms with Crippen LogP contribution in [0.3, 0.4) is 0 Å². The maximum absolute atomic E-state index is 12.8. The van der Waals surface area contributed by atoms with Crippen LogP contribution in [0.25, 0.3) is 10.9 Å². The molecule has 0 aliphatic rings. The third-order valence-corrected chi connectivity index (χ3v) is 4.04. The minimum atomic E-state index is -0.372. The van der Waals surface area contributed by atoms with Crippen molar-refractivity contribution in [2.45, 2.75) is 6.54 Å². The Morgan fingerprint density at radius 3 is 2.21 bits per heavy atom. The molecule has 1 heterocycles. The predicted octanol–water partition coefficient (Wildman–Crippen LogP) is 1.77. The molecule has 0 aliphatic carbocycles. The number of ether oxygens (including phenoxy) is 2. The van der Waals surface area contributed by atoms with Gasteiger partial charge in [-0.25, -0.2) is 4.79 Å². The van der Waals surface area contributed by atoms with Gasteiger partial charge < -0.3 is 9.47 Å². The largest absolute Gasteiger partial charge is 0.493 e. The van der Waals surface area contributed by atoms with Gasteiger partial charge in [0, 0.05) is 13.1 Å². The van der Waals surface area contributed by atoms with Gasteiger partial charge in [-0.3, -0.25) is 13.9 Å². The Hall–Kier alpha value is -3.02. The predicted molar refractivity (Wildman–Crippen MR) is 92.1 cm³/mol. The highest BCUT2D eigenvalue weighted by Crippen LogP contribution is 2.30. The lowest BCUT2D eigenvalue weighted by molar-refractivity contribution is 0.355. The Balaban J connectivity index is 2.29. The van der Waals surface area contributed by atoms with E-state index in [1.54, 1.807) is 19.2 Å². The molecule has 0 N–H and O–H groups in total. The molecular weight excluding hydrogens is 308 g/mol.